The molecule has 1 aromatic carbocycles. The highest BCUT2D eigenvalue weighted by molar-refractivity contribution is 6.05. The summed E-state index contributed by atoms with van der Waals surface area (Å²) in [5.41, 5.74) is 2.24. The summed E-state index contributed by atoms with van der Waals surface area (Å²) in [4.78, 5) is 25.2. The lowest BCUT2D eigenvalue weighted by Gasteiger charge is -2.43. The maximum absolute atomic E-state index is 13.1. The minimum Gasteiger partial charge on any atom is -0.486 e. The minimum atomic E-state index is -0.389. The molecule has 1 saturated carbocycles. The van der Waals surface area contributed by atoms with Crippen LogP contribution >= 0.6 is 0 Å². The van der Waals surface area contributed by atoms with E-state index < -0.39 is 0 Å². The lowest BCUT2D eigenvalue weighted by Crippen LogP contribution is -2.45. The molecule has 4 heteroatoms. The Hall–Kier alpha value is -2.10. The predicted octanol–water partition coefficient (Wildman–Crippen LogP) is 5.36. The molecule has 1 aliphatic heterocycles. The monoisotopic (exact) mass is 368 g/mol. The van der Waals surface area contributed by atoms with Crippen molar-refractivity contribution in [2.75, 3.05) is 0 Å². The second kappa shape index (κ2) is 6.81. The zero-order chi connectivity index (χ0) is 19.2. The third kappa shape index (κ3) is 3.19. The topological polar surface area (TPSA) is 56.5 Å². The molecule has 1 aromatic heterocycles. The molecule has 1 aliphatic carbocycles. The first-order valence-corrected chi connectivity index (χ1v) is 10.2. The van der Waals surface area contributed by atoms with Crippen molar-refractivity contribution in [1.82, 2.24) is 0 Å². The lowest BCUT2D eigenvalue weighted by atomic mass is 9.74. The van der Waals surface area contributed by atoms with Crippen LogP contribution in [0.2, 0.25) is 0 Å². The normalized spacial score (nSPS) is 24.9. The van der Waals surface area contributed by atoms with E-state index in [1.807, 2.05) is 13.0 Å². The van der Waals surface area contributed by atoms with E-state index in [2.05, 4.69) is 13.8 Å². The number of carbonyl (C=O) groups is 1. The molecule has 27 heavy (non-hydrogen) atoms. The highest BCUT2D eigenvalue weighted by atomic mass is 16.5. The predicted molar refractivity (Wildman–Crippen MR) is 106 cm³/mol. The number of rotatable bonds is 3. The summed E-state index contributed by atoms with van der Waals surface area (Å²) in [5, 5.41) is 0.879. The van der Waals surface area contributed by atoms with Gasteiger partial charge in [-0.1, -0.05) is 26.7 Å². The first-order valence-electron chi connectivity index (χ1n) is 10.2. The molecule has 2 aliphatic rings. The van der Waals surface area contributed by atoms with Crippen LogP contribution in [0.25, 0.3) is 11.0 Å². The first kappa shape index (κ1) is 18.3. The van der Waals surface area contributed by atoms with E-state index in [0.717, 1.165) is 55.0 Å². The van der Waals surface area contributed by atoms with Crippen LogP contribution in [0.4, 0.5) is 0 Å². The number of aryl methyl sites for hydroxylation is 2. The molecule has 0 saturated heterocycles. The molecule has 0 bridgehead atoms. The molecule has 4 rings (SSSR count). The molecule has 2 heterocycles. The van der Waals surface area contributed by atoms with Crippen molar-refractivity contribution in [1.29, 1.82) is 0 Å². The molecule has 4 nitrogen and oxygen atoms in total. The van der Waals surface area contributed by atoms with Gasteiger partial charge in [-0.2, -0.15) is 0 Å². The van der Waals surface area contributed by atoms with Crippen LogP contribution in [0.1, 0.15) is 80.3 Å². The molecule has 144 valence electrons. The molecular weight excluding hydrogens is 340 g/mol. The fourth-order valence-corrected chi connectivity index (χ4v) is 4.92. The SMILES string of the molecule is CCCCc1cc(=O)oc2c(C)c3c(cc12)C(=O)C[C@@]1(CCC[C@@H](C)C1)O3. The Kier molecular flexibility index (Phi) is 4.61. The summed E-state index contributed by atoms with van der Waals surface area (Å²) in [6.07, 6.45) is 7.43. The molecule has 0 N–H and O–H groups in total. The van der Waals surface area contributed by atoms with Gasteiger partial charge < -0.3 is 9.15 Å². The van der Waals surface area contributed by atoms with Gasteiger partial charge in [-0.3, -0.25) is 4.79 Å². The van der Waals surface area contributed by atoms with Gasteiger partial charge in [-0.15, -0.1) is 0 Å². The van der Waals surface area contributed by atoms with Crippen LogP contribution in [0.5, 0.6) is 5.75 Å². The zero-order valence-corrected chi connectivity index (χ0v) is 16.5. The summed E-state index contributed by atoms with van der Waals surface area (Å²) in [6.45, 7) is 6.27. The fraction of sp³-hybridized carbons (Fsp3) is 0.565. The van der Waals surface area contributed by atoms with Gasteiger partial charge in [0.15, 0.2) is 5.78 Å². The van der Waals surface area contributed by atoms with Crippen molar-refractivity contribution < 1.29 is 13.9 Å². The molecule has 0 amide bonds. The summed E-state index contributed by atoms with van der Waals surface area (Å²) < 4.78 is 12.1. The number of Topliss-reactive ketones (excluding diaryl/α,β-unsaturated/α-hetero) is 1. The van der Waals surface area contributed by atoms with E-state index in [9.17, 15) is 9.59 Å². The van der Waals surface area contributed by atoms with Crippen LogP contribution in [0, 0.1) is 12.8 Å². The van der Waals surface area contributed by atoms with Crippen LogP contribution in [-0.4, -0.2) is 11.4 Å². The summed E-state index contributed by atoms with van der Waals surface area (Å²) >= 11 is 0. The number of ether oxygens (including phenoxy) is 1. The van der Waals surface area contributed by atoms with Crippen molar-refractivity contribution in [3.05, 3.63) is 39.2 Å². The number of carbonyl (C=O) groups excluding carboxylic acids is 1. The number of ketones is 1. The molecular formula is C23H28O4. The fourth-order valence-electron chi connectivity index (χ4n) is 4.92. The van der Waals surface area contributed by atoms with E-state index in [4.69, 9.17) is 9.15 Å². The van der Waals surface area contributed by atoms with Crippen LogP contribution in [0.3, 0.4) is 0 Å². The molecule has 2 atom stereocenters. The zero-order valence-electron chi connectivity index (χ0n) is 16.5. The van der Waals surface area contributed by atoms with Gasteiger partial charge in [0, 0.05) is 17.0 Å². The second-order valence-corrected chi connectivity index (χ2v) is 8.54. The van der Waals surface area contributed by atoms with Crippen LogP contribution in [-0.2, 0) is 6.42 Å². The van der Waals surface area contributed by atoms with Crippen LogP contribution in [0.15, 0.2) is 21.3 Å². The van der Waals surface area contributed by atoms with Gasteiger partial charge in [0.1, 0.15) is 16.9 Å². The Bertz CT molecular complexity index is 955. The van der Waals surface area contributed by atoms with E-state index in [1.54, 1.807) is 6.07 Å². The molecule has 0 radical (unpaired) electrons. The average Bonchev–Trinajstić information content (AvgIpc) is 2.61. The van der Waals surface area contributed by atoms with Gasteiger partial charge in [-0.25, -0.2) is 4.79 Å². The maximum Gasteiger partial charge on any atom is 0.336 e. The van der Waals surface area contributed by atoms with Crippen molar-refractivity contribution >= 4 is 16.8 Å². The smallest absolute Gasteiger partial charge is 0.336 e. The molecule has 1 spiro atoms. The largest absolute Gasteiger partial charge is 0.486 e. The number of fused-ring (bicyclic) bond motifs is 2. The van der Waals surface area contributed by atoms with E-state index in [-0.39, 0.29) is 17.0 Å². The average molecular weight is 368 g/mol. The highest BCUT2D eigenvalue weighted by Gasteiger charge is 2.44. The standard InChI is InChI=1S/C23H28O4/c1-4-5-8-16-10-20(25)26-21-15(3)22-18(11-17(16)21)19(24)13-23(27-22)9-6-7-14(2)12-23/h10-11,14H,4-9,12-13H2,1-3H3/t14-,23+/m1/s1. The number of hydrogen-bond donors (Lipinski definition) is 0. The summed E-state index contributed by atoms with van der Waals surface area (Å²) in [7, 11) is 0. The molecule has 0 unspecified atom stereocenters. The maximum atomic E-state index is 13.1. The van der Waals surface area contributed by atoms with Gasteiger partial charge in [0.25, 0.3) is 0 Å². The molecule has 1 fully saturated rings. The Morgan fingerprint density at radius 2 is 2.07 bits per heavy atom. The van der Waals surface area contributed by atoms with Crippen molar-refractivity contribution in [3.63, 3.8) is 0 Å². The quantitative estimate of drug-likeness (QED) is 0.685. The van der Waals surface area contributed by atoms with Crippen molar-refractivity contribution in [3.8, 4) is 5.75 Å². The number of benzene rings is 1. The second-order valence-electron chi connectivity index (χ2n) is 8.54. The van der Waals surface area contributed by atoms with E-state index in [0.29, 0.717) is 29.2 Å². The molecule has 2 aromatic rings. The Labute approximate surface area is 159 Å². The highest BCUT2D eigenvalue weighted by Crippen LogP contribution is 2.46. The summed E-state index contributed by atoms with van der Waals surface area (Å²) in [6, 6.07) is 3.47. The minimum absolute atomic E-state index is 0.156. The Morgan fingerprint density at radius 3 is 2.81 bits per heavy atom. The third-order valence-corrected chi connectivity index (χ3v) is 6.25. The Morgan fingerprint density at radius 1 is 1.26 bits per heavy atom. The number of unbranched alkanes of at least 4 members (excludes halogenated alkanes) is 1. The van der Waals surface area contributed by atoms with Gasteiger partial charge in [-0.05, 0) is 56.6 Å². The number of hydrogen-bond acceptors (Lipinski definition) is 4. The van der Waals surface area contributed by atoms with Crippen LogP contribution < -0.4 is 10.4 Å². The van der Waals surface area contributed by atoms with Gasteiger partial charge >= 0.3 is 5.63 Å². The van der Waals surface area contributed by atoms with E-state index >= 15 is 0 Å². The third-order valence-electron chi connectivity index (χ3n) is 6.25. The first-order chi connectivity index (χ1) is 12.9. The Balaban J connectivity index is 1.86. The van der Waals surface area contributed by atoms with Crippen molar-refractivity contribution in [2.24, 2.45) is 5.92 Å². The van der Waals surface area contributed by atoms with Gasteiger partial charge in [0.05, 0.1) is 12.0 Å². The lowest BCUT2D eigenvalue weighted by molar-refractivity contribution is -0.00127. The van der Waals surface area contributed by atoms with E-state index in [1.165, 1.54) is 6.42 Å². The van der Waals surface area contributed by atoms with Gasteiger partial charge in [0.2, 0.25) is 0 Å². The summed E-state index contributed by atoms with van der Waals surface area (Å²) in [5.74, 6) is 1.35. The van der Waals surface area contributed by atoms with Crippen molar-refractivity contribution in [2.45, 2.75) is 77.7 Å².